The molecule has 146 valence electrons. The van der Waals surface area contributed by atoms with E-state index in [4.69, 9.17) is 9.47 Å². The minimum absolute atomic E-state index is 0.0481. The van der Waals surface area contributed by atoms with E-state index in [9.17, 15) is 8.42 Å². The van der Waals surface area contributed by atoms with Crippen molar-refractivity contribution in [1.82, 2.24) is 19.0 Å². The molecule has 1 aromatic heterocycles. The van der Waals surface area contributed by atoms with Crippen molar-refractivity contribution >= 4 is 10.0 Å². The van der Waals surface area contributed by atoms with Gasteiger partial charge in [-0.1, -0.05) is 0 Å². The molecule has 3 heterocycles. The Bertz CT molecular complexity index is 896. The number of nitrogens with zero attached hydrogens (tertiary/aromatic N) is 4. The summed E-state index contributed by atoms with van der Waals surface area (Å²) in [7, 11) is -0.108. The molecule has 0 saturated carbocycles. The van der Waals surface area contributed by atoms with Gasteiger partial charge < -0.3 is 9.47 Å². The summed E-state index contributed by atoms with van der Waals surface area (Å²) >= 11 is 0. The van der Waals surface area contributed by atoms with Crippen LogP contribution in [0.3, 0.4) is 0 Å². The van der Waals surface area contributed by atoms with E-state index in [0.717, 1.165) is 18.7 Å². The second kappa shape index (κ2) is 7.23. The standard InChI is InChI=1S/C18H24N4O4S/c1-20-10-14(9-19-20)11-21-7-8-26-18-13-22(12-17(18)21)27(23,24)16-5-3-15(25-2)4-6-16/h3-6,9-10,17-18H,7-8,11-13H2,1-2H3/t17-,18+/m0/s1. The molecule has 2 atom stereocenters. The number of aryl methyl sites for hydroxylation is 1. The van der Waals surface area contributed by atoms with Crippen molar-refractivity contribution in [3.63, 3.8) is 0 Å². The molecule has 8 nitrogen and oxygen atoms in total. The first kappa shape index (κ1) is 18.4. The molecule has 0 unspecified atom stereocenters. The average molecular weight is 392 g/mol. The smallest absolute Gasteiger partial charge is 0.243 e. The minimum Gasteiger partial charge on any atom is -0.497 e. The van der Waals surface area contributed by atoms with Crippen LogP contribution in [0.2, 0.25) is 0 Å². The molecule has 0 bridgehead atoms. The van der Waals surface area contributed by atoms with E-state index in [1.807, 2.05) is 19.4 Å². The van der Waals surface area contributed by atoms with E-state index in [2.05, 4.69) is 10.00 Å². The Labute approximate surface area is 159 Å². The molecule has 2 aliphatic heterocycles. The van der Waals surface area contributed by atoms with Gasteiger partial charge in [0, 0.05) is 45.0 Å². The van der Waals surface area contributed by atoms with Crippen molar-refractivity contribution in [3.8, 4) is 5.75 Å². The van der Waals surface area contributed by atoms with Crippen molar-refractivity contribution < 1.29 is 17.9 Å². The van der Waals surface area contributed by atoms with Gasteiger partial charge >= 0.3 is 0 Å². The number of sulfonamides is 1. The van der Waals surface area contributed by atoms with Gasteiger partial charge in [-0.2, -0.15) is 9.40 Å². The lowest BCUT2D eigenvalue weighted by atomic mass is 10.1. The molecule has 0 aliphatic carbocycles. The van der Waals surface area contributed by atoms with Gasteiger partial charge in [0.25, 0.3) is 0 Å². The molecule has 9 heteroatoms. The molecule has 4 rings (SSSR count). The monoisotopic (exact) mass is 392 g/mol. The van der Waals surface area contributed by atoms with Gasteiger partial charge in [0.05, 0.1) is 37.0 Å². The molecule has 2 fully saturated rings. The summed E-state index contributed by atoms with van der Waals surface area (Å²) in [6.07, 6.45) is 3.74. The molecule has 0 amide bonds. The summed E-state index contributed by atoms with van der Waals surface area (Å²) in [4.78, 5) is 2.58. The Kier molecular flexibility index (Phi) is 4.94. The summed E-state index contributed by atoms with van der Waals surface area (Å²) in [5.41, 5.74) is 1.12. The van der Waals surface area contributed by atoms with Crippen LogP contribution in [0, 0.1) is 0 Å². The third-order valence-electron chi connectivity index (χ3n) is 5.22. The lowest BCUT2D eigenvalue weighted by Crippen LogP contribution is -2.50. The number of hydrogen-bond donors (Lipinski definition) is 0. The van der Waals surface area contributed by atoms with E-state index in [1.54, 1.807) is 36.1 Å². The molecule has 27 heavy (non-hydrogen) atoms. The minimum atomic E-state index is -3.56. The number of aromatic nitrogens is 2. The van der Waals surface area contributed by atoms with Crippen molar-refractivity contribution in [2.45, 2.75) is 23.6 Å². The quantitative estimate of drug-likeness (QED) is 0.746. The van der Waals surface area contributed by atoms with Crippen LogP contribution in [0.5, 0.6) is 5.75 Å². The Morgan fingerprint density at radius 1 is 1.26 bits per heavy atom. The fourth-order valence-corrected chi connectivity index (χ4v) is 5.27. The Morgan fingerprint density at radius 2 is 2.04 bits per heavy atom. The highest BCUT2D eigenvalue weighted by Crippen LogP contribution is 2.29. The van der Waals surface area contributed by atoms with Gasteiger partial charge in [-0.05, 0) is 24.3 Å². The zero-order valence-electron chi connectivity index (χ0n) is 15.5. The number of morpholine rings is 1. The highest BCUT2D eigenvalue weighted by molar-refractivity contribution is 7.89. The Balaban J connectivity index is 1.51. The van der Waals surface area contributed by atoms with E-state index >= 15 is 0 Å². The van der Waals surface area contributed by atoms with Gasteiger partial charge in [-0.3, -0.25) is 9.58 Å². The fraction of sp³-hybridized carbons (Fsp3) is 0.500. The lowest BCUT2D eigenvalue weighted by molar-refractivity contribution is -0.0502. The van der Waals surface area contributed by atoms with E-state index < -0.39 is 10.0 Å². The number of methoxy groups -OCH3 is 1. The zero-order valence-corrected chi connectivity index (χ0v) is 16.3. The van der Waals surface area contributed by atoms with E-state index in [0.29, 0.717) is 25.4 Å². The molecule has 2 saturated heterocycles. The summed E-state index contributed by atoms with van der Waals surface area (Å²) in [6.45, 7) is 2.95. The van der Waals surface area contributed by atoms with Crippen molar-refractivity contribution in [1.29, 1.82) is 0 Å². The summed E-state index contributed by atoms with van der Waals surface area (Å²) < 4.78 is 40.4. The third kappa shape index (κ3) is 3.60. The molecule has 0 radical (unpaired) electrons. The molecule has 2 aliphatic rings. The second-order valence-electron chi connectivity index (χ2n) is 6.97. The first-order chi connectivity index (χ1) is 13.0. The topological polar surface area (TPSA) is 76.9 Å². The maximum absolute atomic E-state index is 13.0. The van der Waals surface area contributed by atoms with Crippen LogP contribution >= 0.6 is 0 Å². The number of ether oxygens (including phenoxy) is 2. The van der Waals surface area contributed by atoms with Crippen LogP contribution < -0.4 is 4.74 Å². The first-order valence-corrected chi connectivity index (χ1v) is 10.4. The van der Waals surface area contributed by atoms with E-state index in [-0.39, 0.29) is 17.0 Å². The molecular weight excluding hydrogens is 368 g/mol. The summed E-state index contributed by atoms with van der Waals surface area (Å²) in [5, 5.41) is 4.22. The van der Waals surface area contributed by atoms with Crippen molar-refractivity contribution in [2.24, 2.45) is 7.05 Å². The normalized spacial score (nSPS) is 24.1. The summed E-state index contributed by atoms with van der Waals surface area (Å²) in [6, 6.07) is 6.56. The van der Waals surface area contributed by atoms with Crippen LogP contribution in [0.15, 0.2) is 41.6 Å². The van der Waals surface area contributed by atoms with E-state index in [1.165, 1.54) is 4.31 Å². The molecular formula is C18H24N4O4S. The fourth-order valence-electron chi connectivity index (χ4n) is 3.80. The van der Waals surface area contributed by atoms with Gasteiger partial charge in [0.2, 0.25) is 10.0 Å². The SMILES string of the molecule is COc1ccc(S(=O)(=O)N2C[C@H]3OCCN(Cc4cnn(C)c4)[C@H]3C2)cc1. The average Bonchev–Trinajstić information content (AvgIpc) is 3.29. The van der Waals surface area contributed by atoms with Crippen molar-refractivity contribution in [3.05, 3.63) is 42.2 Å². The largest absolute Gasteiger partial charge is 0.497 e. The lowest BCUT2D eigenvalue weighted by Gasteiger charge is -2.36. The highest BCUT2D eigenvalue weighted by Gasteiger charge is 2.44. The van der Waals surface area contributed by atoms with Crippen LogP contribution in [-0.2, 0) is 28.4 Å². The second-order valence-corrected chi connectivity index (χ2v) is 8.90. The van der Waals surface area contributed by atoms with Gasteiger partial charge in [0.1, 0.15) is 5.75 Å². The molecule has 2 aromatic rings. The highest BCUT2D eigenvalue weighted by atomic mass is 32.2. The number of hydrogen-bond acceptors (Lipinski definition) is 6. The molecule has 1 aromatic carbocycles. The maximum Gasteiger partial charge on any atom is 0.243 e. The third-order valence-corrected chi connectivity index (χ3v) is 7.07. The maximum atomic E-state index is 13.0. The molecule has 0 spiro atoms. The Morgan fingerprint density at radius 3 is 2.70 bits per heavy atom. The Hall–Kier alpha value is -1.94. The first-order valence-electron chi connectivity index (χ1n) is 8.95. The van der Waals surface area contributed by atoms with Gasteiger partial charge in [-0.15, -0.1) is 0 Å². The van der Waals surface area contributed by atoms with Crippen LogP contribution in [0.4, 0.5) is 0 Å². The predicted molar refractivity (Wildman–Crippen MR) is 98.9 cm³/mol. The number of rotatable bonds is 5. The van der Waals surface area contributed by atoms with Gasteiger partial charge in [-0.25, -0.2) is 8.42 Å². The zero-order chi connectivity index (χ0) is 19.0. The van der Waals surface area contributed by atoms with Crippen molar-refractivity contribution in [2.75, 3.05) is 33.4 Å². The predicted octanol–water partition coefficient (Wildman–Crippen LogP) is 0.703. The molecule has 0 N–H and O–H groups in total. The number of fused-ring (bicyclic) bond motifs is 1. The van der Waals surface area contributed by atoms with Crippen LogP contribution in [0.1, 0.15) is 5.56 Å². The van der Waals surface area contributed by atoms with Crippen LogP contribution in [-0.4, -0.2) is 72.9 Å². The van der Waals surface area contributed by atoms with Crippen LogP contribution in [0.25, 0.3) is 0 Å². The summed E-state index contributed by atoms with van der Waals surface area (Å²) in [5.74, 6) is 0.634. The van der Waals surface area contributed by atoms with Gasteiger partial charge in [0.15, 0.2) is 0 Å². The number of benzene rings is 1.